The van der Waals surface area contributed by atoms with Gasteiger partial charge in [-0.15, -0.1) is 21.5 Å². The molecule has 2 atom stereocenters. The highest BCUT2D eigenvalue weighted by Gasteiger charge is 2.31. The molecule has 2 aliphatic rings. The number of nitrogens with zero attached hydrogens (tertiary/aromatic N) is 5. The Kier molecular flexibility index (Phi) is 7.02. The number of hydrogen-bond donors (Lipinski definition) is 0. The lowest BCUT2D eigenvalue weighted by Gasteiger charge is -2.28. The fraction of sp³-hybridized carbons (Fsp3) is 0.481. The number of rotatable bonds is 6. The number of thioether (sulfide) groups is 1. The number of amides is 1. The highest BCUT2D eigenvalue weighted by molar-refractivity contribution is 8.00. The van der Waals surface area contributed by atoms with Gasteiger partial charge in [-0.3, -0.25) is 14.2 Å². The number of carbonyl (C=O) groups excluding carboxylic acids is 1. The molecule has 1 fully saturated rings. The van der Waals surface area contributed by atoms with Crippen LogP contribution in [0, 0.1) is 5.92 Å². The number of carbonyl (C=O) groups is 1. The van der Waals surface area contributed by atoms with Crippen LogP contribution >= 0.6 is 23.1 Å². The Labute approximate surface area is 228 Å². The molecule has 6 rings (SSSR count). The summed E-state index contributed by atoms with van der Waals surface area (Å²) in [4.78, 5) is 31.0. The molecule has 9 nitrogen and oxygen atoms in total. The van der Waals surface area contributed by atoms with E-state index in [1.54, 1.807) is 15.9 Å². The van der Waals surface area contributed by atoms with E-state index in [4.69, 9.17) is 9.47 Å². The van der Waals surface area contributed by atoms with E-state index in [2.05, 4.69) is 24.0 Å². The first-order chi connectivity index (χ1) is 18.4. The van der Waals surface area contributed by atoms with Crippen LogP contribution in [-0.4, -0.2) is 67.6 Å². The molecule has 0 spiro atoms. The molecule has 0 radical (unpaired) electrons. The van der Waals surface area contributed by atoms with Crippen molar-refractivity contribution in [2.24, 2.45) is 5.92 Å². The molecule has 38 heavy (non-hydrogen) atoms. The first-order valence-corrected chi connectivity index (χ1v) is 14.7. The lowest BCUT2D eigenvalue weighted by atomic mass is 9.96. The van der Waals surface area contributed by atoms with E-state index < -0.39 is 0 Å². The molecular formula is C27H31N5O4S2. The summed E-state index contributed by atoms with van der Waals surface area (Å²) in [6.07, 6.45) is 0.772. The SMILES string of the molecule is CC(C)[C@H]1Cc2c(sc3c2c(=O)n(Cc2ccccc2)c2nnc(S[C@H](C)C(=O)N4CCOCC4)n32)CO1. The van der Waals surface area contributed by atoms with E-state index in [-0.39, 0.29) is 22.8 Å². The summed E-state index contributed by atoms with van der Waals surface area (Å²) in [5.74, 6) is 0.892. The molecular weight excluding hydrogens is 522 g/mol. The predicted octanol–water partition coefficient (Wildman–Crippen LogP) is 3.59. The van der Waals surface area contributed by atoms with Crippen LogP contribution in [0.5, 0.6) is 0 Å². The quantitative estimate of drug-likeness (QED) is 0.337. The van der Waals surface area contributed by atoms with Crippen LogP contribution in [0.15, 0.2) is 40.3 Å². The minimum Gasteiger partial charge on any atom is -0.378 e. The molecule has 0 saturated carbocycles. The highest BCUT2D eigenvalue weighted by Crippen LogP contribution is 2.37. The van der Waals surface area contributed by atoms with Gasteiger partial charge in [0.2, 0.25) is 11.7 Å². The Hall–Kier alpha value is -2.73. The van der Waals surface area contributed by atoms with Gasteiger partial charge >= 0.3 is 0 Å². The van der Waals surface area contributed by atoms with Gasteiger partial charge in [0.05, 0.1) is 43.1 Å². The lowest BCUT2D eigenvalue weighted by Crippen LogP contribution is -2.44. The topological polar surface area (TPSA) is 91.0 Å². The summed E-state index contributed by atoms with van der Waals surface area (Å²) in [7, 11) is 0. The van der Waals surface area contributed by atoms with Gasteiger partial charge in [0.25, 0.3) is 5.56 Å². The zero-order valence-electron chi connectivity index (χ0n) is 21.8. The van der Waals surface area contributed by atoms with Crippen LogP contribution in [0.1, 0.15) is 36.8 Å². The van der Waals surface area contributed by atoms with Crippen LogP contribution in [0.2, 0.25) is 0 Å². The van der Waals surface area contributed by atoms with E-state index in [0.29, 0.717) is 62.7 Å². The molecule has 3 aromatic heterocycles. The van der Waals surface area contributed by atoms with Gasteiger partial charge in [-0.25, -0.2) is 4.40 Å². The van der Waals surface area contributed by atoms with Crippen molar-refractivity contribution in [2.75, 3.05) is 26.3 Å². The van der Waals surface area contributed by atoms with Gasteiger partial charge < -0.3 is 14.4 Å². The summed E-state index contributed by atoms with van der Waals surface area (Å²) in [5.41, 5.74) is 2.03. The maximum Gasteiger partial charge on any atom is 0.264 e. The second kappa shape index (κ2) is 10.4. The fourth-order valence-corrected chi connectivity index (χ4v) is 7.39. The Morgan fingerprint density at radius 1 is 1.16 bits per heavy atom. The number of thiophene rings is 1. The van der Waals surface area contributed by atoms with Crippen molar-refractivity contribution in [3.8, 4) is 0 Å². The van der Waals surface area contributed by atoms with Crippen LogP contribution in [0.25, 0.3) is 16.0 Å². The molecule has 5 heterocycles. The van der Waals surface area contributed by atoms with Crippen molar-refractivity contribution >= 4 is 45.0 Å². The number of aromatic nitrogens is 4. The maximum absolute atomic E-state index is 14.1. The predicted molar refractivity (Wildman–Crippen MR) is 148 cm³/mol. The molecule has 4 aromatic rings. The van der Waals surface area contributed by atoms with E-state index in [1.165, 1.54) is 11.8 Å². The highest BCUT2D eigenvalue weighted by atomic mass is 32.2. The Bertz CT molecular complexity index is 1540. The molecule has 0 N–H and O–H groups in total. The minimum atomic E-state index is -0.353. The standard InChI is InChI=1S/C27H31N5O4S2/c1-16(2)20-13-19-21(15-36-20)38-25-22(19)24(34)31(14-18-7-5-4-6-8-18)26-28-29-27(32(25)26)37-17(3)23(33)30-9-11-35-12-10-30/h4-8,16-17,20H,9-15H2,1-3H3/t17-,20-/m1/s1. The molecule has 1 aromatic carbocycles. The van der Waals surface area contributed by atoms with E-state index in [1.807, 2.05) is 46.6 Å². The van der Waals surface area contributed by atoms with Gasteiger partial charge in [-0.05, 0) is 24.0 Å². The zero-order chi connectivity index (χ0) is 26.4. The lowest BCUT2D eigenvalue weighted by molar-refractivity contribution is -0.134. The molecule has 0 bridgehead atoms. The maximum atomic E-state index is 14.1. The molecule has 1 saturated heterocycles. The molecule has 2 aliphatic heterocycles. The molecule has 0 unspecified atom stereocenters. The third-order valence-electron chi connectivity index (χ3n) is 7.31. The van der Waals surface area contributed by atoms with Crippen molar-refractivity contribution in [1.29, 1.82) is 0 Å². The van der Waals surface area contributed by atoms with Crippen molar-refractivity contribution in [3.63, 3.8) is 0 Å². The van der Waals surface area contributed by atoms with Gasteiger partial charge in [0, 0.05) is 24.4 Å². The number of fused-ring (bicyclic) bond motifs is 5. The van der Waals surface area contributed by atoms with Crippen LogP contribution in [-0.2, 0) is 33.8 Å². The summed E-state index contributed by atoms with van der Waals surface area (Å²) in [5, 5.41) is 9.96. The third kappa shape index (κ3) is 4.55. The summed E-state index contributed by atoms with van der Waals surface area (Å²) < 4.78 is 15.2. The Balaban J connectivity index is 1.48. The number of hydrogen-bond acceptors (Lipinski definition) is 8. The van der Waals surface area contributed by atoms with E-state index in [9.17, 15) is 9.59 Å². The Morgan fingerprint density at radius 3 is 2.66 bits per heavy atom. The molecule has 0 aliphatic carbocycles. The van der Waals surface area contributed by atoms with Gasteiger partial charge in [0.15, 0.2) is 5.16 Å². The minimum absolute atomic E-state index is 0.0559. The number of morpholine rings is 1. The summed E-state index contributed by atoms with van der Waals surface area (Å²) in [6, 6.07) is 9.92. The molecule has 200 valence electrons. The smallest absolute Gasteiger partial charge is 0.264 e. The summed E-state index contributed by atoms with van der Waals surface area (Å²) in [6.45, 7) is 9.40. The molecule has 11 heteroatoms. The number of benzene rings is 1. The van der Waals surface area contributed by atoms with Crippen molar-refractivity contribution < 1.29 is 14.3 Å². The second-order valence-electron chi connectivity index (χ2n) is 10.2. The monoisotopic (exact) mass is 553 g/mol. The average molecular weight is 554 g/mol. The average Bonchev–Trinajstić information content (AvgIpc) is 3.52. The summed E-state index contributed by atoms with van der Waals surface area (Å²) >= 11 is 2.96. The van der Waals surface area contributed by atoms with Gasteiger partial charge in [0.1, 0.15) is 4.83 Å². The van der Waals surface area contributed by atoms with Crippen molar-refractivity contribution in [3.05, 3.63) is 56.7 Å². The fourth-order valence-electron chi connectivity index (χ4n) is 5.15. The van der Waals surface area contributed by atoms with Crippen LogP contribution in [0.3, 0.4) is 0 Å². The van der Waals surface area contributed by atoms with Gasteiger partial charge in [-0.1, -0.05) is 55.9 Å². The van der Waals surface area contributed by atoms with Crippen LogP contribution in [0.4, 0.5) is 0 Å². The first kappa shape index (κ1) is 25.5. The number of ether oxygens (including phenoxy) is 2. The van der Waals surface area contributed by atoms with E-state index >= 15 is 0 Å². The third-order valence-corrected chi connectivity index (χ3v) is 9.53. The van der Waals surface area contributed by atoms with Crippen molar-refractivity contribution in [2.45, 2.75) is 56.9 Å². The Morgan fingerprint density at radius 2 is 1.92 bits per heavy atom. The van der Waals surface area contributed by atoms with Gasteiger partial charge in [-0.2, -0.15) is 0 Å². The largest absolute Gasteiger partial charge is 0.378 e. The normalized spacial score (nSPS) is 18.8. The first-order valence-electron chi connectivity index (χ1n) is 13.0. The zero-order valence-corrected chi connectivity index (χ0v) is 23.4. The second-order valence-corrected chi connectivity index (χ2v) is 12.6. The van der Waals surface area contributed by atoms with E-state index in [0.717, 1.165) is 26.2 Å². The molecule has 1 amide bonds. The van der Waals surface area contributed by atoms with Crippen LogP contribution < -0.4 is 5.56 Å². The van der Waals surface area contributed by atoms with Crippen molar-refractivity contribution in [1.82, 2.24) is 24.1 Å².